The number of nitrogens with one attached hydrogen (secondary N) is 1. The van der Waals surface area contributed by atoms with Crippen molar-refractivity contribution in [3.8, 4) is 11.8 Å². The van der Waals surface area contributed by atoms with Crippen molar-refractivity contribution in [3.05, 3.63) is 58.1 Å². The van der Waals surface area contributed by atoms with E-state index in [1.54, 1.807) is 12.1 Å². The van der Waals surface area contributed by atoms with Gasteiger partial charge in [-0.25, -0.2) is 0 Å². The number of benzene rings is 2. The average molecular weight is 321 g/mol. The van der Waals surface area contributed by atoms with Crippen molar-refractivity contribution in [2.24, 2.45) is 0 Å². The van der Waals surface area contributed by atoms with Crippen LogP contribution >= 0.6 is 23.2 Å². The summed E-state index contributed by atoms with van der Waals surface area (Å²) in [6.45, 7) is 2.10. The second-order valence-corrected chi connectivity index (χ2v) is 5.33. The van der Waals surface area contributed by atoms with Gasteiger partial charge in [0.2, 0.25) is 0 Å². The Morgan fingerprint density at radius 3 is 2.48 bits per heavy atom. The summed E-state index contributed by atoms with van der Waals surface area (Å²) in [6.07, 6.45) is 0. The molecule has 0 aliphatic heterocycles. The molecule has 0 bridgehead atoms. The number of rotatable bonds is 5. The molecular formula is C16H14Cl2N2O. The van der Waals surface area contributed by atoms with Gasteiger partial charge in [0.25, 0.3) is 0 Å². The highest BCUT2D eigenvalue weighted by atomic mass is 35.5. The first-order valence-corrected chi connectivity index (χ1v) is 7.17. The summed E-state index contributed by atoms with van der Waals surface area (Å²) in [6, 6.07) is 15.1. The highest BCUT2D eigenvalue weighted by molar-refractivity contribution is 6.42. The smallest absolute Gasteiger partial charge is 0.174 e. The standard InChI is InChI=1S/C16H14Cl2N2O/c1-11(20-13-4-7-15(17)16(18)10-13)12-2-5-14(6-3-12)21-9-8-19/h2-7,10-11,20H,9H2,1H3. The fourth-order valence-corrected chi connectivity index (χ4v) is 2.19. The molecule has 0 aliphatic carbocycles. The van der Waals surface area contributed by atoms with Crippen LogP contribution < -0.4 is 10.1 Å². The van der Waals surface area contributed by atoms with E-state index in [9.17, 15) is 0 Å². The topological polar surface area (TPSA) is 45.0 Å². The molecule has 0 radical (unpaired) electrons. The lowest BCUT2D eigenvalue weighted by Gasteiger charge is -2.16. The van der Waals surface area contributed by atoms with E-state index in [-0.39, 0.29) is 12.6 Å². The molecule has 1 N–H and O–H groups in total. The third kappa shape index (κ3) is 4.29. The summed E-state index contributed by atoms with van der Waals surface area (Å²) in [5.41, 5.74) is 2.01. The van der Waals surface area contributed by atoms with Crippen LogP contribution in [0.4, 0.5) is 5.69 Å². The minimum atomic E-state index is 0.0520. The predicted octanol–water partition coefficient (Wildman–Crippen LogP) is 5.07. The van der Waals surface area contributed by atoms with E-state index in [0.29, 0.717) is 15.8 Å². The largest absolute Gasteiger partial charge is 0.479 e. The van der Waals surface area contributed by atoms with Gasteiger partial charge in [0, 0.05) is 11.7 Å². The maximum absolute atomic E-state index is 8.47. The van der Waals surface area contributed by atoms with E-state index in [1.807, 2.05) is 43.3 Å². The van der Waals surface area contributed by atoms with Crippen LogP contribution in [-0.2, 0) is 0 Å². The van der Waals surface area contributed by atoms with Gasteiger partial charge >= 0.3 is 0 Å². The van der Waals surface area contributed by atoms with E-state index < -0.39 is 0 Å². The van der Waals surface area contributed by atoms with Gasteiger partial charge in [-0.1, -0.05) is 35.3 Å². The minimum Gasteiger partial charge on any atom is -0.479 e. The molecule has 0 saturated carbocycles. The zero-order valence-electron chi connectivity index (χ0n) is 11.4. The average Bonchev–Trinajstić information content (AvgIpc) is 2.49. The Morgan fingerprint density at radius 1 is 1.14 bits per heavy atom. The van der Waals surface area contributed by atoms with Gasteiger partial charge in [-0.05, 0) is 42.8 Å². The highest BCUT2D eigenvalue weighted by Gasteiger charge is 2.07. The second kappa shape index (κ2) is 7.21. The van der Waals surface area contributed by atoms with Crippen LogP contribution in [0.25, 0.3) is 0 Å². The molecule has 0 aliphatic rings. The first-order valence-electron chi connectivity index (χ1n) is 6.41. The minimum absolute atomic E-state index is 0.0520. The third-order valence-electron chi connectivity index (χ3n) is 2.99. The number of halogens is 2. The summed E-state index contributed by atoms with van der Waals surface area (Å²) >= 11 is 11.9. The van der Waals surface area contributed by atoms with E-state index in [4.69, 9.17) is 33.2 Å². The number of hydrogen-bond acceptors (Lipinski definition) is 3. The van der Waals surface area contributed by atoms with Crippen molar-refractivity contribution < 1.29 is 4.74 Å². The Balaban J connectivity index is 2.04. The summed E-state index contributed by atoms with van der Waals surface area (Å²) in [4.78, 5) is 0. The zero-order chi connectivity index (χ0) is 15.2. The molecule has 0 fully saturated rings. The molecule has 0 heterocycles. The predicted molar refractivity (Wildman–Crippen MR) is 86.0 cm³/mol. The van der Waals surface area contributed by atoms with Crippen molar-refractivity contribution in [1.82, 2.24) is 0 Å². The van der Waals surface area contributed by atoms with Crippen molar-refractivity contribution in [3.63, 3.8) is 0 Å². The summed E-state index contributed by atoms with van der Waals surface area (Å²) in [7, 11) is 0. The second-order valence-electron chi connectivity index (χ2n) is 4.51. The lowest BCUT2D eigenvalue weighted by atomic mass is 10.1. The van der Waals surface area contributed by atoms with Crippen molar-refractivity contribution in [2.75, 3.05) is 11.9 Å². The van der Waals surface area contributed by atoms with E-state index in [0.717, 1.165) is 11.3 Å². The number of ether oxygens (including phenoxy) is 1. The molecule has 0 spiro atoms. The Morgan fingerprint density at radius 2 is 1.86 bits per heavy atom. The van der Waals surface area contributed by atoms with Gasteiger partial charge < -0.3 is 10.1 Å². The lowest BCUT2D eigenvalue weighted by Crippen LogP contribution is -2.06. The molecule has 0 amide bonds. The molecule has 2 rings (SSSR count). The van der Waals surface area contributed by atoms with Crippen LogP contribution in [0.2, 0.25) is 10.0 Å². The maximum Gasteiger partial charge on any atom is 0.174 e. The van der Waals surface area contributed by atoms with Crippen LogP contribution in [0.15, 0.2) is 42.5 Å². The molecule has 1 atom stereocenters. The van der Waals surface area contributed by atoms with Crippen molar-refractivity contribution >= 4 is 28.9 Å². The van der Waals surface area contributed by atoms with Gasteiger partial charge in [0.15, 0.2) is 6.61 Å². The van der Waals surface area contributed by atoms with E-state index in [1.165, 1.54) is 0 Å². The lowest BCUT2D eigenvalue weighted by molar-refractivity contribution is 0.368. The number of nitriles is 1. The quantitative estimate of drug-likeness (QED) is 0.836. The molecule has 5 heteroatoms. The summed E-state index contributed by atoms with van der Waals surface area (Å²) in [5.74, 6) is 0.682. The first kappa shape index (κ1) is 15.5. The fourth-order valence-electron chi connectivity index (χ4n) is 1.89. The van der Waals surface area contributed by atoms with Gasteiger partial charge in [-0.15, -0.1) is 0 Å². The molecule has 2 aromatic rings. The molecule has 108 valence electrons. The first-order chi connectivity index (χ1) is 10.1. The zero-order valence-corrected chi connectivity index (χ0v) is 12.9. The normalized spacial score (nSPS) is 11.5. The fraction of sp³-hybridized carbons (Fsp3) is 0.188. The molecule has 0 aromatic heterocycles. The Hall–Kier alpha value is -1.89. The molecular weight excluding hydrogens is 307 g/mol. The Labute approximate surface area is 134 Å². The maximum atomic E-state index is 8.47. The van der Waals surface area contributed by atoms with Gasteiger partial charge in [0.1, 0.15) is 11.8 Å². The monoisotopic (exact) mass is 320 g/mol. The highest BCUT2D eigenvalue weighted by Crippen LogP contribution is 2.27. The third-order valence-corrected chi connectivity index (χ3v) is 3.73. The Kier molecular flexibility index (Phi) is 5.32. The molecule has 21 heavy (non-hydrogen) atoms. The Bertz CT molecular complexity index is 650. The van der Waals surface area contributed by atoms with Gasteiger partial charge in [-0.3, -0.25) is 0 Å². The van der Waals surface area contributed by atoms with Crippen LogP contribution in [0.1, 0.15) is 18.5 Å². The number of nitrogens with zero attached hydrogens (tertiary/aromatic N) is 1. The molecule has 2 aromatic carbocycles. The summed E-state index contributed by atoms with van der Waals surface area (Å²) < 4.78 is 5.22. The number of hydrogen-bond donors (Lipinski definition) is 1. The van der Waals surface area contributed by atoms with Crippen molar-refractivity contribution in [2.45, 2.75) is 13.0 Å². The molecule has 0 saturated heterocycles. The van der Waals surface area contributed by atoms with Crippen LogP contribution in [0.5, 0.6) is 5.75 Å². The SMILES string of the molecule is CC(Nc1ccc(Cl)c(Cl)c1)c1ccc(OCC#N)cc1. The van der Waals surface area contributed by atoms with Crippen LogP contribution in [-0.4, -0.2) is 6.61 Å². The van der Waals surface area contributed by atoms with Gasteiger partial charge in [0.05, 0.1) is 10.0 Å². The van der Waals surface area contributed by atoms with E-state index in [2.05, 4.69) is 5.32 Å². The van der Waals surface area contributed by atoms with Crippen LogP contribution in [0, 0.1) is 11.3 Å². The van der Waals surface area contributed by atoms with Crippen molar-refractivity contribution in [1.29, 1.82) is 5.26 Å². The number of anilines is 1. The molecule has 1 unspecified atom stereocenters. The van der Waals surface area contributed by atoms with E-state index >= 15 is 0 Å². The van der Waals surface area contributed by atoms with Gasteiger partial charge in [-0.2, -0.15) is 5.26 Å². The summed E-state index contributed by atoms with van der Waals surface area (Å²) in [5, 5.41) is 12.9. The van der Waals surface area contributed by atoms with Crippen LogP contribution in [0.3, 0.4) is 0 Å². The molecule has 3 nitrogen and oxygen atoms in total.